The van der Waals surface area contributed by atoms with E-state index in [1.807, 2.05) is 0 Å². The first-order valence-electron chi connectivity index (χ1n) is 6.38. The van der Waals surface area contributed by atoms with Crippen molar-refractivity contribution < 1.29 is 9.47 Å². The smallest absolute Gasteiger partial charge is 0.155 e. The van der Waals surface area contributed by atoms with Crippen LogP contribution in [0.2, 0.25) is 25.1 Å². The van der Waals surface area contributed by atoms with Crippen molar-refractivity contribution >= 4 is 138 Å². The lowest BCUT2D eigenvalue weighted by Gasteiger charge is -2.16. The lowest BCUT2D eigenvalue weighted by molar-refractivity contribution is 0.215. The Morgan fingerprint density at radius 3 is 1.42 bits per heavy atom. The maximum absolute atomic E-state index is 6.31. The first-order valence-corrected chi connectivity index (χ1v) is 12.2. The van der Waals surface area contributed by atoms with Crippen molar-refractivity contribution in [3.63, 3.8) is 0 Å². The van der Waals surface area contributed by atoms with Crippen LogP contribution in [0.3, 0.4) is 0 Å². The number of halogens is 10. The van der Waals surface area contributed by atoms with Crippen LogP contribution in [0, 0.1) is 0 Å². The van der Waals surface area contributed by atoms with Crippen LogP contribution in [0.4, 0.5) is 0 Å². The van der Waals surface area contributed by atoms with Crippen LogP contribution >= 0.6 is 138 Å². The summed E-state index contributed by atoms with van der Waals surface area (Å²) in [6.07, 6.45) is 0. The summed E-state index contributed by atoms with van der Waals surface area (Å²) in [5, 5.41) is 1.03. The Morgan fingerprint density at radius 1 is 0.462 bits per heavy atom. The Morgan fingerprint density at radius 2 is 0.885 bits per heavy atom. The van der Waals surface area contributed by atoms with E-state index in [1.165, 1.54) is 0 Å². The zero-order chi connectivity index (χ0) is 19.8. The van der Waals surface area contributed by atoms with Gasteiger partial charge >= 0.3 is 0 Å². The van der Waals surface area contributed by atoms with Crippen LogP contribution in [0.1, 0.15) is 0 Å². The van der Waals surface area contributed by atoms with Gasteiger partial charge in [0.1, 0.15) is 18.2 Å². The molecule has 0 heterocycles. The van der Waals surface area contributed by atoms with Gasteiger partial charge in [-0.15, -0.1) is 0 Å². The van der Waals surface area contributed by atoms with Gasteiger partial charge in [0, 0.05) is 4.47 Å². The third-order valence-corrected chi connectivity index (χ3v) is 11.0. The van der Waals surface area contributed by atoms with Crippen LogP contribution in [0.5, 0.6) is 11.5 Å². The summed E-state index contributed by atoms with van der Waals surface area (Å²) in [4.78, 5) is 0. The summed E-state index contributed by atoms with van der Waals surface area (Å²) in [6, 6.07) is 0. The van der Waals surface area contributed by atoms with Crippen molar-refractivity contribution in [1.29, 1.82) is 0 Å². The maximum Gasteiger partial charge on any atom is 0.155 e. The molecule has 0 fully saturated rings. The fourth-order valence-electron chi connectivity index (χ4n) is 1.71. The van der Waals surface area contributed by atoms with Gasteiger partial charge in [-0.25, -0.2) is 0 Å². The molecule has 0 aliphatic rings. The summed E-state index contributed by atoms with van der Waals surface area (Å²) < 4.78 is 14.6. The van der Waals surface area contributed by atoms with Crippen molar-refractivity contribution in [2.45, 2.75) is 0 Å². The molecule has 0 bridgehead atoms. The van der Waals surface area contributed by atoms with Crippen molar-refractivity contribution in [3.8, 4) is 11.5 Å². The molecule has 2 nitrogen and oxygen atoms in total. The van der Waals surface area contributed by atoms with Gasteiger partial charge in [-0.1, -0.05) is 58.0 Å². The van der Waals surface area contributed by atoms with E-state index in [-0.39, 0.29) is 39.1 Å². The van der Waals surface area contributed by atoms with E-state index in [1.54, 1.807) is 0 Å². The van der Waals surface area contributed by atoms with Crippen molar-refractivity contribution in [1.82, 2.24) is 0 Å². The molecule has 0 unspecified atom stereocenters. The molecular weight excluding hydrogens is 777 g/mol. The highest BCUT2D eigenvalue weighted by atomic mass is 79.9. The van der Waals surface area contributed by atoms with Crippen molar-refractivity contribution in [3.05, 3.63) is 47.5 Å². The van der Waals surface area contributed by atoms with Crippen LogP contribution in [0.15, 0.2) is 22.4 Å². The quantitative estimate of drug-likeness (QED) is 0.171. The largest absolute Gasteiger partial charge is 0.487 e. The molecule has 0 radical (unpaired) electrons. The second-order valence-corrected chi connectivity index (χ2v) is 10.3. The van der Waals surface area contributed by atoms with Gasteiger partial charge in [-0.3, -0.25) is 0 Å². The molecule has 12 heteroatoms. The number of hydrogen-bond acceptors (Lipinski definition) is 2. The molecule has 0 spiro atoms. The normalized spacial score (nSPS) is 11.0. The van der Waals surface area contributed by atoms with E-state index in [4.69, 9.17) is 67.5 Å². The molecule has 0 amide bonds. The first kappa shape index (κ1) is 24.2. The summed E-state index contributed by atoms with van der Waals surface area (Å²) in [5.74, 6) is 0.729. The molecule has 26 heavy (non-hydrogen) atoms. The highest BCUT2D eigenvalue weighted by molar-refractivity contribution is 9.15. The summed E-state index contributed by atoms with van der Waals surface area (Å²) in [7, 11) is 0. The van der Waals surface area contributed by atoms with E-state index >= 15 is 0 Å². The van der Waals surface area contributed by atoms with Crippen LogP contribution in [-0.4, -0.2) is 13.2 Å². The Balaban J connectivity index is 2.14. The second kappa shape index (κ2) is 10.3. The minimum absolute atomic E-state index is 0.115. The molecule has 2 aromatic carbocycles. The van der Waals surface area contributed by atoms with Gasteiger partial charge in [0.25, 0.3) is 0 Å². The molecule has 0 aromatic heterocycles. The van der Waals surface area contributed by atoms with Crippen molar-refractivity contribution in [2.75, 3.05) is 13.2 Å². The number of benzene rings is 2. The van der Waals surface area contributed by atoms with E-state index in [9.17, 15) is 0 Å². The van der Waals surface area contributed by atoms with Gasteiger partial charge in [0.15, 0.2) is 11.5 Å². The SMILES string of the molecule is Clc1c(Cl)c(Cl)c(OCCOc2c(Cl)c(Br)c(Br)c(Br)c2Br)c(Br)c1Cl. The highest BCUT2D eigenvalue weighted by Gasteiger charge is 2.21. The third-order valence-electron chi connectivity index (χ3n) is 2.92. The van der Waals surface area contributed by atoms with Gasteiger partial charge in [0.2, 0.25) is 0 Å². The topological polar surface area (TPSA) is 18.5 Å². The predicted octanol–water partition coefficient (Wildman–Crippen LogP) is 10.2. The van der Waals surface area contributed by atoms with E-state index < -0.39 is 0 Å². The minimum atomic E-state index is 0.115. The highest BCUT2D eigenvalue weighted by Crippen LogP contribution is 2.49. The number of hydrogen-bond donors (Lipinski definition) is 0. The van der Waals surface area contributed by atoms with Gasteiger partial charge < -0.3 is 9.47 Å². The Bertz CT molecular complexity index is 748. The molecule has 2 rings (SSSR count). The van der Waals surface area contributed by atoms with E-state index in [2.05, 4.69) is 79.6 Å². The average Bonchev–Trinajstić information content (AvgIpc) is 2.63. The zero-order valence-corrected chi connectivity index (χ0v) is 23.7. The number of ether oxygens (including phenoxy) is 2. The summed E-state index contributed by atoms with van der Waals surface area (Å²) >= 11 is 47.6. The number of rotatable bonds is 5. The molecule has 0 aliphatic heterocycles. The van der Waals surface area contributed by atoms with Gasteiger partial charge in [-0.05, 0) is 79.6 Å². The van der Waals surface area contributed by atoms with Gasteiger partial charge in [0.05, 0.1) is 38.0 Å². The fraction of sp³-hybridized carbons (Fsp3) is 0.143. The average molecular weight is 781 g/mol. The van der Waals surface area contributed by atoms with E-state index in [0.717, 1.165) is 8.95 Å². The van der Waals surface area contributed by atoms with Crippen LogP contribution in [0.25, 0.3) is 0 Å². The van der Waals surface area contributed by atoms with Gasteiger partial charge in [-0.2, -0.15) is 0 Å². The lowest BCUT2D eigenvalue weighted by atomic mass is 10.3. The Kier molecular flexibility index (Phi) is 9.55. The molecule has 2 aromatic rings. The van der Waals surface area contributed by atoms with Crippen LogP contribution in [-0.2, 0) is 0 Å². The summed E-state index contributed by atoms with van der Waals surface area (Å²) in [6.45, 7) is 0.333. The molecular formula is C14H4Br5Cl5O2. The second-order valence-electron chi connectivity index (χ2n) is 4.49. The first-order chi connectivity index (χ1) is 12.1. The lowest BCUT2D eigenvalue weighted by Crippen LogP contribution is -2.10. The maximum atomic E-state index is 6.31. The molecule has 0 saturated carbocycles. The molecule has 0 atom stereocenters. The zero-order valence-electron chi connectivity index (χ0n) is 12.0. The van der Waals surface area contributed by atoms with Crippen molar-refractivity contribution in [2.24, 2.45) is 0 Å². The predicted molar refractivity (Wildman–Crippen MR) is 127 cm³/mol. The minimum Gasteiger partial charge on any atom is -0.487 e. The van der Waals surface area contributed by atoms with E-state index in [0.29, 0.717) is 24.2 Å². The fourth-order valence-corrected chi connectivity index (χ4v) is 6.01. The molecule has 142 valence electrons. The molecule has 0 N–H and O–H groups in total. The van der Waals surface area contributed by atoms with Crippen LogP contribution < -0.4 is 9.47 Å². The standard InChI is InChI=1S/C14H4Br5Cl5O2/c15-3-4(16)6(18)13(9(21)5(3)17)25-1-2-26-14-7(19)8(20)10(22)11(23)12(14)24/h1-2H2. The third kappa shape index (κ3) is 4.96. The molecule has 0 saturated heterocycles. The Hall–Kier alpha value is 1.89. The summed E-state index contributed by atoms with van der Waals surface area (Å²) in [5.41, 5.74) is 0. The monoisotopic (exact) mass is 773 g/mol. The Labute approximate surface area is 216 Å². The molecule has 0 aliphatic carbocycles.